The van der Waals surface area contributed by atoms with Crippen LogP contribution in [0.25, 0.3) is 44.5 Å². The molecule has 0 aliphatic heterocycles. The van der Waals surface area contributed by atoms with Crippen molar-refractivity contribution in [2.24, 2.45) is 0 Å². The summed E-state index contributed by atoms with van der Waals surface area (Å²) in [6.45, 7) is 9.71. The van der Waals surface area contributed by atoms with Crippen molar-refractivity contribution in [3.8, 4) is 44.5 Å². The van der Waals surface area contributed by atoms with E-state index in [0.29, 0.717) is 19.8 Å². The first-order valence-corrected chi connectivity index (χ1v) is 16.2. The molecule has 0 saturated heterocycles. The average molecular weight is 559 g/mol. The lowest BCUT2D eigenvalue weighted by Crippen LogP contribution is -2.56. The van der Waals surface area contributed by atoms with Gasteiger partial charge in [0.25, 0.3) is 0 Å². The van der Waals surface area contributed by atoms with Crippen LogP contribution in [0.5, 0.6) is 0 Å². The summed E-state index contributed by atoms with van der Waals surface area (Å²) in [6.07, 6.45) is 0. The summed E-state index contributed by atoms with van der Waals surface area (Å²) >= 11 is 0. The number of hydrogen-bond acceptors (Lipinski definition) is 3. The molecule has 0 amide bonds. The fraction of sp³-hybridized carbons (Fsp3) is 0.189. The van der Waals surface area contributed by atoms with Crippen molar-refractivity contribution in [1.82, 2.24) is 0 Å². The molecule has 4 heteroatoms. The second kappa shape index (κ2) is 13.2. The number of benzene rings is 5. The molecule has 0 unspecified atom stereocenters. The molecule has 0 N–H and O–H groups in total. The van der Waals surface area contributed by atoms with Gasteiger partial charge in [-0.15, -0.1) is 0 Å². The first kappa shape index (κ1) is 28.7. The zero-order valence-corrected chi connectivity index (χ0v) is 25.4. The zero-order chi connectivity index (χ0) is 28.7. The van der Waals surface area contributed by atoms with E-state index in [1.165, 1.54) is 44.5 Å². The van der Waals surface area contributed by atoms with Gasteiger partial charge in [-0.3, -0.25) is 0 Å². The lowest BCUT2D eigenvalue weighted by atomic mass is 9.97. The van der Waals surface area contributed by atoms with Crippen molar-refractivity contribution in [3.63, 3.8) is 0 Å². The van der Waals surface area contributed by atoms with Gasteiger partial charge >= 0.3 is 8.80 Å². The van der Waals surface area contributed by atoms with Crippen LogP contribution in [-0.2, 0) is 13.3 Å². The fourth-order valence-electron chi connectivity index (χ4n) is 5.12. The third kappa shape index (κ3) is 6.58. The summed E-state index contributed by atoms with van der Waals surface area (Å²) in [7, 11) is -2.90. The molecule has 0 spiro atoms. The van der Waals surface area contributed by atoms with Crippen LogP contribution in [0.15, 0.2) is 121 Å². The van der Waals surface area contributed by atoms with Crippen LogP contribution in [-0.4, -0.2) is 28.6 Å². The Kier molecular flexibility index (Phi) is 9.27. The Balaban J connectivity index is 1.29. The van der Waals surface area contributed by atoms with Gasteiger partial charge < -0.3 is 13.3 Å². The van der Waals surface area contributed by atoms with Crippen molar-refractivity contribution >= 4 is 14.0 Å². The van der Waals surface area contributed by atoms with Crippen molar-refractivity contribution in [2.75, 3.05) is 19.8 Å². The van der Waals surface area contributed by atoms with E-state index in [2.05, 4.69) is 128 Å². The standard InChI is InChI=1S/C37H38O3Si/c1-5-38-41(39-6-2,40-7-3)37-26-24-36(25-27-37)35-22-20-34(21-23-35)33-18-16-32(17-19-33)31-14-12-30(13-15-31)29-10-8-28(4)9-11-29/h8-27H,5-7H2,1-4H3. The second-order valence-corrected chi connectivity index (χ2v) is 12.6. The van der Waals surface area contributed by atoms with E-state index in [1.807, 2.05) is 20.8 Å². The Bertz CT molecular complexity index is 1510. The van der Waals surface area contributed by atoms with Gasteiger partial charge in [0.05, 0.1) is 0 Å². The minimum Gasteiger partial charge on any atom is -0.370 e. The fourth-order valence-corrected chi connectivity index (χ4v) is 7.59. The van der Waals surface area contributed by atoms with Crippen molar-refractivity contribution in [2.45, 2.75) is 27.7 Å². The molecule has 5 aromatic carbocycles. The lowest BCUT2D eigenvalue weighted by Gasteiger charge is -2.28. The minimum absolute atomic E-state index is 0.552. The van der Waals surface area contributed by atoms with Crippen LogP contribution in [0.3, 0.4) is 0 Å². The summed E-state index contributed by atoms with van der Waals surface area (Å²) in [6, 6.07) is 43.5. The summed E-state index contributed by atoms with van der Waals surface area (Å²) in [5.74, 6) is 0. The third-order valence-electron chi connectivity index (χ3n) is 7.28. The third-order valence-corrected chi connectivity index (χ3v) is 10.3. The highest BCUT2D eigenvalue weighted by atomic mass is 28.4. The second-order valence-electron chi connectivity index (χ2n) is 10.0. The van der Waals surface area contributed by atoms with Gasteiger partial charge in [0.15, 0.2) is 0 Å². The summed E-state index contributed by atoms with van der Waals surface area (Å²) < 4.78 is 18.2. The monoisotopic (exact) mass is 558 g/mol. The van der Waals surface area contributed by atoms with Gasteiger partial charge in [-0.1, -0.05) is 127 Å². The van der Waals surface area contributed by atoms with E-state index in [1.54, 1.807) is 0 Å². The van der Waals surface area contributed by atoms with Crippen LogP contribution < -0.4 is 5.19 Å². The molecule has 5 aromatic rings. The average Bonchev–Trinajstić information content (AvgIpc) is 3.02. The van der Waals surface area contributed by atoms with Crippen LogP contribution >= 0.6 is 0 Å². The van der Waals surface area contributed by atoms with E-state index in [9.17, 15) is 0 Å². The molecule has 0 aliphatic rings. The molecule has 5 rings (SSSR count). The highest BCUT2D eigenvalue weighted by Crippen LogP contribution is 2.29. The molecule has 0 saturated carbocycles. The Morgan fingerprint density at radius 2 is 0.585 bits per heavy atom. The summed E-state index contributed by atoms with van der Waals surface area (Å²) in [4.78, 5) is 0. The van der Waals surface area contributed by atoms with Crippen LogP contribution in [0.2, 0.25) is 0 Å². The molecule has 0 fully saturated rings. The molecular formula is C37H38O3Si. The Hall–Kier alpha value is -3.80. The molecule has 3 nitrogen and oxygen atoms in total. The molecule has 0 bridgehead atoms. The van der Waals surface area contributed by atoms with Crippen LogP contribution in [0, 0.1) is 6.92 Å². The van der Waals surface area contributed by atoms with Crippen LogP contribution in [0.1, 0.15) is 26.3 Å². The van der Waals surface area contributed by atoms with E-state index in [0.717, 1.165) is 10.8 Å². The van der Waals surface area contributed by atoms with Gasteiger partial charge in [-0.05, 0) is 72.2 Å². The topological polar surface area (TPSA) is 27.7 Å². The minimum atomic E-state index is -2.90. The van der Waals surface area contributed by atoms with Crippen molar-refractivity contribution in [1.29, 1.82) is 0 Å². The molecule has 0 heterocycles. The maximum absolute atomic E-state index is 6.06. The molecule has 0 radical (unpaired) electrons. The predicted octanol–water partition coefficient (Wildman–Crippen LogP) is 8.92. The Morgan fingerprint density at radius 3 is 0.829 bits per heavy atom. The maximum atomic E-state index is 6.06. The summed E-state index contributed by atoms with van der Waals surface area (Å²) in [5.41, 5.74) is 10.9. The highest BCUT2D eigenvalue weighted by molar-refractivity contribution is 6.75. The number of hydrogen-bond donors (Lipinski definition) is 0. The van der Waals surface area contributed by atoms with Gasteiger partial charge in [-0.2, -0.15) is 0 Å². The normalized spacial score (nSPS) is 11.5. The summed E-state index contributed by atoms with van der Waals surface area (Å²) in [5, 5.41) is 0.994. The Labute approximate surface area is 245 Å². The van der Waals surface area contributed by atoms with E-state index in [-0.39, 0.29) is 0 Å². The van der Waals surface area contributed by atoms with Gasteiger partial charge in [0.1, 0.15) is 0 Å². The maximum Gasteiger partial charge on any atom is 0.537 e. The van der Waals surface area contributed by atoms with E-state index < -0.39 is 8.80 Å². The zero-order valence-electron chi connectivity index (χ0n) is 24.4. The van der Waals surface area contributed by atoms with Crippen LogP contribution in [0.4, 0.5) is 0 Å². The van der Waals surface area contributed by atoms with E-state index in [4.69, 9.17) is 13.3 Å². The number of aryl methyl sites for hydroxylation is 1. The van der Waals surface area contributed by atoms with Gasteiger partial charge in [0, 0.05) is 25.0 Å². The quantitative estimate of drug-likeness (QED) is 0.152. The van der Waals surface area contributed by atoms with Crippen molar-refractivity contribution < 1.29 is 13.3 Å². The van der Waals surface area contributed by atoms with Crippen molar-refractivity contribution in [3.05, 3.63) is 127 Å². The van der Waals surface area contributed by atoms with E-state index >= 15 is 0 Å². The predicted molar refractivity (Wildman–Crippen MR) is 173 cm³/mol. The molecule has 41 heavy (non-hydrogen) atoms. The molecule has 0 aromatic heterocycles. The highest BCUT2D eigenvalue weighted by Gasteiger charge is 2.43. The largest absolute Gasteiger partial charge is 0.537 e. The first-order valence-electron chi connectivity index (χ1n) is 14.5. The molecule has 0 atom stereocenters. The van der Waals surface area contributed by atoms with Gasteiger partial charge in [-0.25, -0.2) is 0 Å². The Morgan fingerprint density at radius 1 is 0.366 bits per heavy atom. The molecular weight excluding hydrogens is 520 g/mol. The molecule has 0 aliphatic carbocycles. The smallest absolute Gasteiger partial charge is 0.370 e. The lowest BCUT2D eigenvalue weighted by molar-refractivity contribution is 0.0859. The number of rotatable bonds is 11. The first-order chi connectivity index (χ1) is 20.0. The SMILES string of the molecule is CCO[Si](OCC)(OCC)c1ccc(-c2ccc(-c3ccc(-c4ccc(-c5ccc(C)cc5)cc4)cc3)cc2)cc1. The molecule has 208 valence electrons. The van der Waals surface area contributed by atoms with Gasteiger partial charge in [0.2, 0.25) is 0 Å².